The maximum atomic E-state index is 13.1. The Morgan fingerprint density at radius 3 is 2.17 bits per heavy atom. The van der Waals surface area contributed by atoms with Gasteiger partial charge in [0, 0.05) is 17.4 Å². The van der Waals surface area contributed by atoms with Crippen LogP contribution in [0, 0.1) is 10.1 Å². The summed E-state index contributed by atoms with van der Waals surface area (Å²) in [4.78, 5) is 38.2. The van der Waals surface area contributed by atoms with E-state index in [0.29, 0.717) is 16.2 Å². The molecule has 29 heavy (non-hydrogen) atoms. The molecule has 2 aromatic carbocycles. The highest BCUT2D eigenvalue weighted by molar-refractivity contribution is 8.04. The second kappa shape index (κ2) is 8.48. The maximum absolute atomic E-state index is 13.1. The molecule has 0 bridgehead atoms. The number of nitro groups is 1. The number of benzene rings is 2. The fourth-order valence-electron chi connectivity index (χ4n) is 2.96. The van der Waals surface area contributed by atoms with Gasteiger partial charge in [0.05, 0.1) is 29.1 Å². The predicted octanol–water partition coefficient (Wildman–Crippen LogP) is 4.03. The van der Waals surface area contributed by atoms with Crippen LogP contribution in [0.25, 0.3) is 5.57 Å². The second-order valence-electron chi connectivity index (χ2n) is 6.72. The number of hydrogen-bond donors (Lipinski definition) is 0. The van der Waals surface area contributed by atoms with Gasteiger partial charge in [0.1, 0.15) is 5.75 Å². The standard InChI is InChI=1S/C21H20N2O5S/c1-13(2)29-19-18(15-6-8-16(9-7-15)23(26)27)20(24)22(21(19)25)12-14-4-10-17(28-3)11-5-14/h4-11,13H,12H2,1-3H3. The number of nitro benzene ring substituents is 1. The molecule has 0 saturated heterocycles. The van der Waals surface area contributed by atoms with E-state index in [1.54, 1.807) is 31.4 Å². The summed E-state index contributed by atoms with van der Waals surface area (Å²) in [7, 11) is 1.57. The van der Waals surface area contributed by atoms with Crippen molar-refractivity contribution in [2.45, 2.75) is 25.6 Å². The Hall–Kier alpha value is -3.13. The average Bonchev–Trinajstić information content (AvgIpc) is 2.92. The molecule has 0 saturated carbocycles. The fraction of sp³-hybridized carbons (Fsp3) is 0.238. The van der Waals surface area contributed by atoms with E-state index in [1.807, 2.05) is 13.8 Å². The van der Waals surface area contributed by atoms with Gasteiger partial charge in [-0.25, -0.2) is 0 Å². The molecule has 0 fully saturated rings. The van der Waals surface area contributed by atoms with Crippen LogP contribution < -0.4 is 4.74 Å². The maximum Gasteiger partial charge on any atom is 0.269 e. The average molecular weight is 412 g/mol. The minimum absolute atomic E-state index is 0.0701. The van der Waals surface area contributed by atoms with Crippen LogP contribution in [0.2, 0.25) is 0 Å². The molecule has 7 nitrogen and oxygen atoms in total. The number of methoxy groups -OCH3 is 1. The minimum atomic E-state index is -0.500. The third-order valence-corrected chi connectivity index (χ3v) is 5.43. The number of hydrogen-bond acceptors (Lipinski definition) is 6. The third-order valence-electron chi connectivity index (χ3n) is 4.35. The van der Waals surface area contributed by atoms with Crippen molar-refractivity contribution >= 4 is 34.8 Å². The smallest absolute Gasteiger partial charge is 0.269 e. The quantitative estimate of drug-likeness (QED) is 0.388. The first-order valence-electron chi connectivity index (χ1n) is 8.96. The van der Waals surface area contributed by atoms with Crippen molar-refractivity contribution in [1.29, 1.82) is 0 Å². The van der Waals surface area contributed by atoms with Gasteiger partial charge in [-0.3, -0.25) is 24.6 Å². The van der Waals surface area contributed by atoms with E-state index in [0.717, 1.165) is 5.56 Å². The van der Waals surface area contributed by atoms with Gasteiger partial charge in [-0.1, -0.05) is 26.0 Å². The van der Waals surface area contributed by atoms with Crippen LogP contribution >= 0.6 is 11.8 Å². The topological polar surface area (TPSA) is 89.8 Å². The molecule has 150 valence electrons. The number of carbonyl (C=O) groups excluding carboxylic acids is 2. The summed E-state index contributed by atoms with van der Waals surface area (Å²) in [5.41, 5.74) is 1.51. The van der Waals surface area contributed by atoms with E-state index in [9.17, 15) is 19.7 Å². The molecule has 2 amide bonds. The Morgan fingerprint density at radius 1 is 1.03 bits per heavy atom. The minimum Gasteiger partial charge on any atom is -0.497 e. The van der Waals surface area contributed by atoms with Crippen molar-refractivity contribution in [2.75, 3.05) is 7.11 Å². The van der Waals surface area contributed by atoms with Crippen molar-refractivity contribution in [3.63, 3.8) is 0 Å². The molecule has 2 aromatic rings. The fourth-order valence-corrected chi connectivity index (χ4v) is 3.97. The van der Waals surface area contributed by atoms with Gasteiger partial charge in [-0.2, -0.15) is 0 Å². The Balaban J connectivity index is 1.94. The number of carbonyl (C=O) groups is 2. The van der Waals surface area contributed by atoms with Gasteiger partial charge in [0.2, 0.25) is 0 Å². The number of thioether (sulfide) groups is 1. The van der Waals surface area contributed by atoms with Crippen LogP contribution in [-0.2, 0) is 16.1 Å². The summed E-state index contributed by atoms with van der Waals surface area (Å²) in [6.45, 7) is 4.02. The number of amides is 2. The first-order chi connectivity index (χ1) is 13.8. The van der Waals surface area contributed by atoms with Crippen molar-refractivity contribution in [3.8, 4) is 5.75 Å². The van der Waals surface area contributed by atoms with Crippen LogP contribution in [-0.4, -0.2) is 34.0 Å². The van der Waals surface area contributed by atoms with Crippen LogP contribution in [0.15, 0.2) is 53.4 Å². The first-order valence-corrected chi connectivity index (χ1v) is 9.84. The summed E-state index contributed by atoms with van der Waals surface area (Å²) in [6, 6.07) is 12.8. The number of rotatable bonds is 7. The van der Waals surface area contributed by atoms with Crippen LogP contribution in [0.4, 0.5) is 5.69 Å². The predicted molar refractivity (Wildman–Crippen MR) is 111 cm³/mol. The van der Waals surface area contributed by atoms with Crippen molar-refractivity contribution < 1.29 is 19.2 Å². The van der Waals surface area contributed by atoms with E-state index < -0.39 is 10.8 Å². The Morgan fingerprint density at radius 2 is 1.66 bits per heavy atom. The SMILES string of the molecule is COc1ccc(CN2C(=O)C(SC(C)C)=C(c3ccc([N+](=O)[O-])cc3)C2=O)cc1. The summed E-state index contributed by atoms with van der Waals surface area (Å²) in [5, 5.41) is 11.0. The highest BCUT2D eigenvalue weighted by Gasteiger charge is 2.39. The van der Waals surface area contributed by atoms with Gasteiger partial charge in [-0.15, -0.1) is 11.8 Å². The van der Waals surface area contributed by atoms with Crippen LogP contribution in [0.3, 0.4) is 0 Å². The molecule has 1 aliphatic heterocycles. The lowest BCUT2D eigenvalue weighted by Crippen LogP contribution is -2.31. The van der Waals surface area contributed by atoms with Gasteiger partial charge in [0.25, 0.3) is 17.5 Å². The summed E-state index contributed by atoms with van der Waals surface area (Å²) >= 11 is 1.32. The first kappa shape index (κ1) is 20.6. The number of ether oxygens (including phenoxy) is 1. The molecular weight excluding hydrogens is 392 g/mol. The highest BCUT2D eigenvalue weighted by Crippen LogP contribution is 2.38. The Labute approximate surface area is 172 Å². The molecule has 1 heterocycles. The summed E-state index contributed by atoms with van der Waals surface area (Å²) in [6.07, 6.45) is 0. The zero-order valence-electron chi connectivity index (χ0n) is 16.2. The van der Waals surface area contributed by atoms with Gasteiger partial charge in [-0.05, 0) is 35.4 Å². The molecule has 0 spiro atoms. The molecule has 0 aliphatic carbocycles. The monoisotopic (exact) mass is 412 g/mol. The van der Waals surface area contributed by atoms with E-state index >= 15 is 0 Å². The number of imide groups is 1. The van der Waals surface area contributed by atoms with E-state index in [2.05, 4.69) is 0 Å². The molecule has 1 aliphatic rings. The zero-order valence-corrected chi connectivity index (χ0v) is 17.1. The lowest BCUT2D eigenvalue weighted by atomic mass is 10.1. The highest BCUT2D eigenvalue weighted by atomic mass is 32.2. The van der Waals surface area contributed by atoms with Gasteiger partial charge >= 0.3 is 0 Å². The van der Waals surface area contributed by atoms with E-state index in [1.165, 1.54) is 40.9 Å². The number of non-ortho nitro benzene ring substituents is 1. The second-order valence-corrected chi connectivity index (χ2v) is 8.31. The van der Waals surface area contributed by atoms with Crippen LogP contribution in [0.5, 0.6) is 5.75 Å². The lowest BCUT2D eigenvalue weighted by Gasteiger charge is -2.15. The largest absolute Gasteiger partial charge is 0.497 e. The normalized spacial score (nSPS) is 14.1. The van der Waals surface area contributed by atoms with Crippen molar-refractivity contribution in [3.05, 3.63) is 74.7 Å². The summed E-state index contributed by atoms with van der Waals surface area (Å²) < 4.78 is 5.14. The Kier molecular flexibility index (Phi) is 6.03. The molecule has 0 aromatic heterocycles. The molecule has 0 unspecified atom stereocenters. The molecule has 0 atom stereocenters. The molecule has 0 radical (unpaired) electrons. The molecule has 3 rings (SSSR count). The van der Waals surface area contributed by atoms with Crippen LogP contribution in [0.1, 0.15) is 25.0 Å². The zero-order chi connectivity index (χ0) is 21.1. The lowest BCUT2D eigenvalue weighted by molar-refractivity contribution is -0.384. The van der Waals surface area contributed by atoms with E-state index in [4.69, 9.17) is 4.74 Å². The Bertz CT molecular complexity index is 981. The van der Waals surface area contributed by atoms with Gasteiger partial charge in [0.15, 0.2) is 0 Å². The molecule has 0 N–H and O–H groups in total. The summed E-state index contributed by atoms with van der Waals surface area (Å²) in [5.74, 6) is -0.0609. The van der Waals surface area contributed by atoms with Crippen molar-refractivity contribution in [2.24, 2.45) is 0 Å². The molecule has 8 heteroatoms. The van der Waals surface area contributed by atoms with E-state index in [-0.39, 0.29) is 29.0 Å². The third kappa shape index (κ3) is 4.32. The number of nitrogens with zero attached hydrogens (tertiary/aromatic N) is 2. The molecular formula is C21H20N2O5S. The van der Waals surface area contributed by atoms with Gasteiger partial charge < -0.3 is 4.74 Å². The van der Waals surface area contributed by atoms with Crippen molar-refractivity contribution in [1.82, 2.24) is 4.90 Å².